The molecule has 5 nitrogen and oxygen atoms in total. The van der Waals surface area contributed by atoms with Crippen molar-refractivity contribution in [3.63, 3.8) is 0 Å². The summed E-state index contributed by atoms with van der Waals surface area (Å²) in [4.78, 5) is 14.8. The van der Waals surface area contributed by atoms with E-state index in [0.717, 1.165) is 42.9 Å². The van der Waals surface area contributed by atoms with Gasteiger partial charge in [-0.05, 0) is 92.0 Å². The van der Waals surface area contributed by atoms with Gasteiger partial charge >= 0.3 is 0 Å². The van der Waals surface area contributed by atoms with Crippen molar-refractivity contribution >= 4 is 10.9 Å². The van der Waals surface area contributed by atoms with E-state index in [1.54, 1.807) is 22.8 Å². The van der Waals surface area contributed by atoms with Gasteiger partial charge in [0.25, 0.3) is 5.56 Å². The largest absolute Gasteiger partial charge is 0.486 e. The number of hydrogen-bond donors (Lipinski definition) is 0. The first-order chi connectivity index (χ1) is 15.7. The molecule has 0 amide bonds. The molecule has 1 aromatic heterocycles. The van der Waals surface area contributed by atoms with E-state index in [4.69, 9.17) is 9.47 Å². The Morgan fingerprint density at radius 3 is 2.53 bits per heavy atom. The van der Waals surface area contributed by atoms with Gasteiger partial charge in [-0.1, -0.05) is 6.07 Å². The lowest BCUT2D eigenvalue weighted by Crippen LogP contribution is -2.37. The molecule has 5 rings (SSSR count). The fraction of sp³-hybridized carbons (Fsp3) is 0.423. The molecule has 0 aliphatic carbocycles. The maximum absolute atomic E-state index is 13.7. The van der Waals surface area contributed by atoms with Crippen molar-refractivity contribution in [2.24, 2.45) is 5.92 Å². The minimum Gasteiger partial charge on any atom is -0.486 e. The van der Waals surface area contributed by atoms with Gasteiger partial charge in [0, 0.05) is 19.2 Å². The van der Waals surface area contributed by atoms with E-state index in [-0.39, 0.29) is 11.4 Å². The zero-order valence-electron chi connectivity index (χ0n) is 18.3. The van der Waals surface area contributed by atoms with Gasteiger partial charge in [0.2, 0.25) is 0 Å². The van der Waals surface area contributed by atoms with Gasteiger partial charge in [-0.15, -0.1) is 0 Å². The first kappa shape index (κ1) is 21.0. The second kappa shape index (κ2) is 9.33. The van der Waals surface area contributed by atoms with Gasteiger partial charge in [0.05, 0.1) is 5.52 Å². The molecule has 0 atom stereocenters. The number of aromatic nitrogens is 1. The monoisotopic (exact) mass is 436 g/mol. The van der Waals surface area contributed by atoms with Crippen molar-refractivity contribution in [1.29, 1.82) is 0 Å². The highest BCUT2D eigenvalue weighted by Gasteiger charge is 2.20. The van der Waals surface area contributed by atoms with Crippen LogP contribution in [-0.4, -0.2) is 42.3 Å². The van der Waals surface area contributed by atoms with Crippen LogP contribution in [0.15, 0.2) is 53.3 Å². The molecule has 0 spiro atoms. The molecule has 3 aromatic rings. The van der Waals surface area contributed by atoms with Crippen molar-refractivity contribution in [3.05, 3.63) is 70.3 Å². The summed E-state index contributed by atoms with van der Waals surface area (Å²) in [6.07, 6.45) is 4.57. The molecule has 0 bridgehead atoms. The predicted octanol–water partition coefficient (Wildman–Crippen LogP) is 4.26. The zero-order valence-corrected chi connectivity index (χ0v) is 18.3. The van der Waals surface area contributed by atoms with E-state index in [1.165, 1.54) is 37.0 Å². The first-order valence-corrected chi connectivity index (χ1v) is 11.6. The van der Waals surface area contributed by atoms with Crippen molar-refractivity contribution in [3.8, 4) is 11.5 Å². The van der Waals surface area contributed by atoms with Crippen LogP contribution in [0.5, 0.6) is 11.5 Å². The molecule has 32 heavy (non-hydrogen) atoms. The number of piperidine rings is 1. The summed E-state index contributed by atoms with van der Waals surface area (Å²) in [6.45, 7) is 4.72. The Morgan fingerprint density at radius 1 is 0.906 bits per heavy atom. The van der Waals surface area contributed by atoms with Gasteiger partial charge in [0.1, 0.15) is 19.0 Å². The summed E-state index contributed by atoms with van der Waals surface area (Å²) in [5, 5.41) is 0.892. The van der Waals surface area contributed by atoms with Crippen molar-refractivity contribution in [2.75, 3.05) is 32.8 Å². The molecule has 1 saturated heterocycles. The number of hydrogen-bond acceptors (Lipinski definition) is 4. The molecular weight excluding hydrogens is 407 g/mol. The molecule has 0 N–H and O–H groups in total. The highest BCUT2D eigenvalue weighted by molar-refractivity contribution is 5.78. The third-order valence-corrected chi connectivity index (χ3v) is 6.75. The Bertz CT molecular complexity index is 1150. The number of pyridine rings is 1. The van der Waals surface area contributed by atoms with Crippen LogP contribution >= 0.6 is 0 Å². The topological polar surface area (TPSA) is 43.7 Å². The van der Waals surface area contributed by atoms with E-state index in [2.05, 4.69) is 17.0 Å². The minimum absolute atomic E-state index is 0.0718. The fourth-order valence-electron chi connectivity index (χ4n) is 4.85. The molecular formula is C26H29FN2O3. The third-order valence-electron chi connectivity index (χ3n) is 6.75. The SMILES string of the molecule is O=c1ccc2ccc(F)cc2n1CCN1CCC(CCc2ccc3c(c2)OCCO3)CC1. The Balaban J connectivity index is 1.13. The molecule has 3 heterocycles. The molecule has 168 valence electrons. The normalized spacial score (nSPS) is 17.0. The van der Waals surface area contributed by atoms with Gasteiger partial charge in [-0.3, -0.25) is 4.79 Å². The van der Waals surface area contributed by atoms with Gasteiger partial charge in [-0.25, -0.2) is 4.39 Å². The van der Waals surface area contributed by atoms with Crippen molar-refractivity contribution in [1.82, 2.24) is 9.47 Å². The van der Waals surface area contributed by atoms with E-state index < -0.39 is 0 Å². The smallest absolute Gasteiger partial charge is 0.251 e. The summed E-state index contributed by atoms with van der Waals surface area (Å²) in [5.41, 5.74) is 1.91. The average Bonchev–Trinajstić information content (AvgIpc) is 2.82. The van der Waals surface area contributed by atoms with E-state index in [9.17, 15) is 9.18 Å². The fourth-order valence-corrected chi connectivity index (χ4v) is 4.85. The van der Waals surface area contributed by atoms with Crippen LogP contribution in [0.1, 0.15) is 24.8 Å². The molecule has 0 saturated carbocycles. The summed E-state index contributed by atoms with van der Waals surface area (Å²) in [7, 11) is 0. The van der Waals surface area contributed by atoms with Crippen molar-refractivity contribution < 1.29 is 13.9 Å². The highest BCUT2D eigenvalue weighted by atomic mass is 19.1. The number of likely N-dealkylation sites (tertiary alicyclic amines) is 1. The second-order valence-electron chi connectivity index (χ2n) is 8.83. The third kappa shape index (κ3) is 4.65. The standard InChI is InChI=1S/C26H29FN2O3/c27-22-6-4-21-5-8-26(30)29(23(21)18-22)14-13-28-11-9-19(10-12-28)1-2-20-3-7-24-25(17-20)32-16-15-31-24/h3-8,17-19H,1-2,9-16H2. The molecule has 1 fully saturated rings. The summed E-state index contributed by atoms with van der Waals surface area (Å²) < 4.78 is 26.7. The van der Waals surface area contributed by atoms with Gasteiger partial charge in [0.15, 0.2) is 11.5 Å². The number of aryl methyl sites for hydroxylation is 1. The molecule has 0 radical (unpaired) electrons. The predicted molar refractivity (Wildman–Crippen MR) is 123 cm³/mol. The number of halogens is 1. The number of rotatable bonds is 6. The average molecular weight is 437 g/mol. The Morgan fingerprint density at radius 2 is 1.69 bits per heavy atom. The molecule has 2 aromatic carbocycles. The maximum Gasteiger partial charge on any atom is 0.251 e. The number of ether oxygens (including phenoxy) is 2. The summed E-state index contributed by atoms with van der Waals surface area (Å²) >= 11 is 0. The van der Waals surface area contributed by atoms with E-state index >= 15 is 0 Å². The van der Waals surface area contributed by atoms with Crippen molar-refractivity contribution in [2.45, 2.75) is 32.2 Å². The summed E-state index contributed by atoms with van der Waals surface area (Å²) in [6, 6.07) is 14.3. The number of benzene rings is 2. The zero-order chi connectivity index (χ0) is 21.9. The minimum atomic E-state index is -0.310. The first-order valence-electron chi connectivity index (χ1n) is 11.6. The lowest BCUT2D eigenvalue weighted by Gasteiger charge is -2.32. The van der Waals surface area contributed by atoms with Crippen LogP contribution < -0.4 is 15.0 Å². The lowest BCUT2D eigenvalue weighted by molar-refractivity contribution is 0.170. The summed E-state index contributed by atoms with van der Waals surface area (Å²) in [5.74, 6) is 2.12. The molecule has 2 aliphatic heterocycles. The Hall–Kier alpha value is -2.86. The van der Waals surface area contributed by atoms with Crippen LogP contribution in [0.25, 0.3) is 10.9 Å². The highest BCUT2D eigenvalue weighted by Crippen LogP contribution is 2.32. The second-order valence-corrected chi connectivity index (χ2v) is 8.83. The van der Waals surface area contributed by atoms with Gasteiger partial charge in [-0.2, -0.15) is 0 Å². The quantitative estimate of drug-likeness (QED) is 0.579. The Labute approximate surface area is 187 Å². The molecule has 6 heteroatoms. The van der Waals surface area contributed by atoms with Crippen LogP contribution in [0, 0.1) is 11.7 Å². The van der Waals surface area contributed by atoms with Crippen LogP contribution in [-0.2, 0) is 13.0 Å². The van der Waals surface area contributed by atoms with E-state index in [0.29, 0.717) is 31.2 Å². The Kier molecular flexibility index (Phi) is 6.12. The van der Waals surface area contributed by atoms with Crippen LogP contribution in [0.4, 0.5) is 4.39 Å². The molecule has 2 aliphatic rings. The van der Waals surface area contributed by atoms with Crippen LogP contribution in [0.3, 0.4) is 0 Å². The number of fused-ring (bicyclic) bond motifs is 2. The maximum atomic E-state index is 13.7. The van der Waals surface area contributed by atoms with Gasteiger partial charge < -0.3 is 18.9 Å². The molecule has 0 unspecified atom stereocenters. The van der Waals surface area contributed by atoms with E-state index in [1.807, 2.05) is 6.07 Å². The number of nitrogens with zero attached hydrogens (tertiary/aromatic N) is 2. The lowest BCUT2D eigenvalue weighted by atomic mass is 9.90. The van der Waals surface area contributed by atoms with Crippen LogP contribution in [0.2, 0.25) is 0 Å².